The fourth-order valence-corrected chi connectivity index (χ4v) is 2.42. The number of hydrogen-bond donors (Lipinski definition) is 3. The van der Waals surface area contributed by atoms with Gasteiger partial charge in [-0.15, -0.1) is 0 Å². The standard InChI is InChI=1S/C15H21N3O2/c1-15(5-7-17-8-6-15)10-18-14(20)12-4-2-3-11(9-12)13(16)19/h2-4,9,17H,5-8,10H2,1H3,(H2,16,19)(H,18,20). The molecule has 4 N–H and O–H groups in total. The summed E-state index contributed by atoms with van der Waals surface area (Å²) in [5.74, 6) is -0.683. The van der Waals surface area contributed by atoms with E-state index in [2.05, 4.69) is 17.6 Å². The third kappa shape index (κ3) is 3.57. The topological polar surface area (TPSA) is 84.2 Å². The SMILES string of the molecule is CC1(CNC(=O)c2cccc(C(N)=O)c2)CCNCC1. The summed E-state index contributed by atoms with van der Waals surface area (Å²) in [6, 6.07) is 6.49. The Hall–Kier alpha value is -1.88. The number of carbonyl (C=O) groups is 2. The van der Waals surface area contributed by atoms with Gasteiger partial charge in [-0.2, -0.15) is 0 Å². The van der Waals surface area contributed by atoms with Crippen molar-refractivity contribution in [1.82, 2.24) is 10.6 Å². The molecule has 108 valence electrons. The van der Waals surface area contributed by atoms with Crippen LogP contribution in [0.25, 0.3) is 0 Å². The molecule has 0 unspecified atom stereocenters. The normalized spacial score (nSPS) is 17.4. The van der Waals surface area contributed by atoms with E-state index in [0.29, 0.717) is 17.7 Å². The van der Waals surface area contributed by atoms with Gasteiger partial charge in [-0.25, -0.2) is 0 Å². The van der Waals surface area contributed by atoms with Crippen molar-refractivity contribution in [2.45, 2.75) is 19.8 Å². The van der Waals surface area contributed by atoms with Crippen LogP contribution in [0, 0.1) is 5.41 Å². The van der Waals surface area contributed by atoms with Crippen molar-refractivity contribution in [2.24, 2.45) is 11.1 Å². The molecule has 2 amide bonds. The maximum Gasteiger partial charge on any atom is 0.251 e. The summed E-state index contributed by atoms with van der Waals surface area (Å²) in [7, 11) is 0. The molecule has 20 heavy (non-hydrogen) atoms. The van der Waals surface area contributed by atoms with Crippen molar-refractivity contribution in [3.63, 3.8) is 0 Å². The number of carbonyl (C=O) groups excluding carboxylic acids is 2. The maximum absolute atomic E-state index is 12.1. The van der Waals surface area contributed by atoms with Crippen LogP contribution in [-0.4, -0.2) is 31.4 Å². The van der Waals surface area contributed by atoms with Crippen molar-refractivity contribution >= 4 is 11.8 Å². The molecule has 1 heterocycles. The first-order valence-corrected chi connectivity index (χ1v) is 6.89. The molecular weight excluding hydrogens is 254 g/mol. The number of benzene rings is 1. The minimum Gasteiger partial charge on any atom is -0.366 e. The molecule has 0 atom stereocenters. The van der Waals surface area contributed by atoms with Gasteiger partial charge >= 0.3 is 0 Å². The highest BCUT2D eigenvalue weighted by molar-refractivity contribution is 5.99. The summed E-state index contributed by atoms with van der Waals surface area (Å²) < 4.78 is 0. The third-order valence-electron chi connectivity index (χ3n) is 3.90. The van der Waals surface area contributed by atoms with Crippen LogP contribution in [0.5, 0.6) is 0 Å². The Morgan fingerprint density at radius 2 is 1.95 bits per heavy atom. The van der Waals surface area contributed by atoms with Gasteiger partial charge < -0.3 is 16.4 Å². The Morgan fingerprint density at radius 1 is 1.30 bits per heavy atom. The zero-order valence-corrected chi connectivity index (χ0v) is 11.7. The lowest BCUT2D eigenvalue weighted by Crippen LogP contribution is -2.42. The first-order chi connectivity index (χ1) is 9.50. The highest BCUT2D eigenvalue weighted by Crippen LogP contribution is 2.26. The number of rotatable bonds is 4. The summed E-state index contributed by atoms with van der Waals surface area (Å²) in [5.41, 5.74) is 6.18. The van der Waals surface area contributed by atoms with E-state index in [0.717, 1.165) is 25.9 Å². The highest BCUT2D eigenvalue weighted by atomic mass is 16.2. The molecule has 0 aromatic heterocycles. The van der Waals surface area contributed by atoms with E-state index in [1.807, 2.05) is 0 Å². The molecule has 0 aliphatic carbocycles. The second-order valence-electron chi connectivity index (χ2n) is 5.69. The lowest BCUT2D eigenvalue weighted by atomic mass is 9.81. The van der Waals surface area contributed by atoms with Gasteiger partial charge in [-0.1, -0.05) is 13.0 Å². The Labute approximate surface area is 118 Å². The molecule has 0 radical (unpaired) electrons. The fourth-order valence-electron chi connectivity index (χ4n) is 2.42. The predicted octanol–water partition coefficient (Wildman–Crippen LogP) is 0.905. The van der Waals surface area contributed by atoms with Gasteiger partial charge in [0.2, 0.25) is 5.91 Å². The Morgan fingerprint density at radius 3 is 2.60 bits per heavy atom. The molecule has 2 rings (SSSR count). The molecule has 1 fully saturated rings. The molecule has 1 saturated heterocycles. The van der Waals surface area contributed by atoms with Crippen LogP contribution in [0.15, 0.2) is 24.3 Å². The van der Waals surface area contributed by atoms with Crippen molar-refractivity contribution < 1.29 is 9.59 Å². The van der Waals surface area contributed by atoms with Crippen LogP contribution in [0.1, 0.15) is 40.5 Å². The molecule has 1 aliphatic heterocycles. The molecule has 5 nitrogen and oxygen atoms in total. The summed E-state index contributed by atoms with van der Waals surface area (Å²) in [6.07, 6.45) is 2.10. The number of nitrogens with one attached hydrogen (secondary N) is 2. The minimum atomic E-state index is -0.523. The van der Waals surface area contributed by atoms with Gasteiger partial charge in [0.1, 0.15) is 0 Å². The summed E-state index contributed by atoms with van der Waals surface area (Å²) in [4.78, 5) is 23.2. The Balaban J connectivity index is 1.98. The zero-order valence-electron chi connectivity index (χ0n) is 11.7. The number of piperidine rings is 1. The number of nitrogens with two attached hydrogens (primary N) is 1. The quantitative estimate of drug-likeness (QED) is 0.763. The molecule has 5 heteroatoms. The highest BCUT2D eigenvalue weighted by Gasteiger charge is 2.27. The first-order valence-electron chi connectivity index (χ1n) is 6.89. The molecule has 1 aromatic carbocycles. The second-order valence-corrected chi connectivity index (χ2v) is 5.69. The fraction of sp³-hybridized carbons (Fsp3) is 0.467. The maximum atomic E-state index is 12.1. The lowest BCUT2D eigenvalue weighted by Gasteiger charge is -2.34. The van der Waals surface area contributed by atoms with Gasteiger partial charge in [-0.05, 0) is 49.5 Å². The summed E-state index contributed by atoms with van der Waals surface area (Å²) >= 11 is 0. The van der Waals surface area contributed by atoms with Gasteiger partial charge in [-0.3, -0.25) is 9.59 Å². The summed E-state index contributed by atoms with van der Waals surface area (Å²) in [5, 5.41) is 6.27. The van der Waals surface area contributed by atoms with Gasteiger partial charge in [0.05, 0.1) is 0 Å². The molecule has 1 aliphatic rings. The van der Waals surface area contributed by atoms with Crippen LogP contribution in [-0.2, 0) is 0 Å². The van der Waals surface area contributed by atoms with E-state index >= 15 is 0 Å². The lowest BCUT2D eigenvalue weighted by molar-refractivity contribution is 0.0922. The largest absolute Gasteiger partial charge is 0.366 e. The molecule has 0 saturated carbocycles. The van der Waals surface area contributed by atoms with Crippen LogP contribution in [0.4, 0.5) is 0 Å². The third-order valence-corrected chi connectivity index (χ3v) is 3.90. The van der Waals surface area contributed by atoms with Crippen LogP contribution in [0.2, 0.25) is 0 Å². The van der Waals surface area contributed by atoms with E-state index in [4.69, 9.17) is 5.73 Å². The first kappa shape index (κ1) is 14.5. The monoisotopic (exact) mass is 275 g/mol. The van der Waals surface area contributed by atoms with E-state index in [-0.39, 0.29) is 11.3 Å². The average molecular weight is 275 g/mol. The van der Waals surface area contributed by atoms with Crippen LogP contribution < -0.4 is 16.4 Å². The van der Waals surface area contributed by atoms with Crippen LogP contribution in [0.3, 0.4) is 0 Å². The van der Waals surface area contributed by atoms with Gasteiger partial charge in [0.15, 0.2) is 0 Å². The van der Waals surface area contributed by atoms with Gasteiger partial charge in [0, 0.05) is 17.7 Å². The minimum absolute atomic E-state index is 0.141. The molecule has 1 aromatic rings. The van der Waals surface area contributed by atoms with E-state index in [1.165, 1.54) is 6.07 Å². The Bertz CT molecular complexity index is 508. The van der Waals surface area contributed by atoms with E-state index in [9.17, 15) is 9.59 Å². The second kappa shape index (κ2) is 6.05. The molecule has 0 bridgehead atoms. The number of amides is 2. The van der Waals surface area contributed by atoms with Crippen molar-refractivity contribution in [2.75, 3.05) is 19.6 Å². The number of hydrogen-bond acceptors (Lipinski definition) is 3. The van der Waals surface area contributed by atoms with Crippen molar-refractivity contribution in [1.29, 1.82) is 0 Å². The van der Waals surface area contributed by atoms with E-state index in [1.54, 1.807) is 18.2 Å². The number of primary amides is 1. The molecule has 0 spiro atoms. The van der Waals surface area contributed by atoms with Gasteiger partial charge in [0.25, 0.3) is 5.91 Å². The predicted molar refractivity (Wildman–Crippen MR) is 77.5 cm³/mol. The van der Waals surface area contributed by atoms with Crippen molar-refractivity contribution in [3.8, 4) is 0 Å². The van der Waals surface area contributed by atoms with Crippen LogP contribution >= 0.6 is 0 Å². The zero-order chi connectivity index (χ0) is 14.6. The Kier molecular flexibility index (Phi) is 4.39. The summed E-state index contributed by atoms with van der Waals surface area (Å²) in [6.45, 7) is 4.81. The molecular formula is C15H21N3O2. The van der Waals surface area contributed by atoms with Crippen molar-refractivity contribution in [3.05, 3.63) is 35.4 Å². The van der Waals surface area contributed by atoms with E-state index < -0.39 is 5.91 Å². The smallest absolute Gasteiger partial charge is 0.251 e. The average Bonchev–Trinajstić information content (AvgIpc) is 2.46.